The second-order valence-electron chi connectivity index (χ2n) is 5.74. The van der Waals surface area contributed by atoms with Crippen LogP contribution in [0.3, 0.4) is 0 Å². The average Bonchev–Trinajstić information content (AvgIpc) is 2.62. The van der Waals surface area contributed by atoms with Crippen LogP contribution in [0.25, 0.3) is 22.4 Å². The van der Waals surface area contributed by atoms with Crippen molar-refractivity contribution in [3.63, 3.8) is 0 Å². The first kappa shape index (κ1) is 16.5. The summed E-state index contributed by atoms with van der Waals surface area (Å²) in [5, 5.41) is 9.40. The number of benzene rings is 2. The van der Waals surface area contributed by atoms with E-state index in [1.165, 1.54) is 0 Å². The van der Waals surface area contributed by atoms with Gasteiger partial charge in [0.15, 0.2) is 0 Å². The van der Waals surface area contributed by atoms with E-state index in [0.29, 0.717) is 17.9 Å². The first-order valence-corrected chi connectivity index (χ1v) is 8.10. The number of aromatic nitrogens is 1. The molecule has 0 amide bonds. The van der Waals surface area contributed by atoms with E-state index in [1.54, 1.807) is 0 Å². The van der Waals surface area contributed by atoms with Crippen molar-refractivity contribution in [1.82, 2.24) is 4.98 Å². The minimum atomic E-state index is -0.385. The van der Waals surface area contributed by atoms with Crippen LogP contribution in [0.1, 0.15) is 18.1 Å². The molecule has 0 atom stereocenters. The Kier molecular flexibility index (Phi) is 4.67. The summed E-state index contributed by atoms with van der Waals surface area (Å²) in [6, 6.07) is 19.1. The molecule has 1 aromatic heterocycles. The van der Waals surface area contributed by atoms with E-state index >= 15 is 0 Å². The van der Waals surface area contributed by atoms with E-state index in [4.69, 9.17) is 4.74 Å². The van der Waals surface area contributed by atoms with Gasteiger partial charge in [-0.25, -0.2) is 0 Å². The van der Waals surface area contributed by atoms with E-state index in [0.717, 1.165) is 22.4 Å². The quantitative estimate of drug-likeness (QED) is 0.776. The maximum atomic E-state index is 12.4. The number of nitrogens with one attached hydrogen (secondary N) is 1. The molecule has 0 radical (unpaired) electrons. The van der Waals surface area contributed by atoms with Crippen molar-refractivity contribution < 1.29 is 4.74 Å². The zero-order chi connectivity index (χ0) is 17.8. The van der Waals surface area contributed by atoms with Gasteiger partial charge in [-0.15, -0.1) is 0 Å². The summed E-state index contributed by atoms with van der Waals surface area (Å²) >= 11 is 0. The molecule has 0 unspecified atom stereocenters. The maximum absolute atomic E-state index is 12.4. The molecule has 0 fully saturated rings. The van der Waals surface area contributed by atoms with Crippen molar-refractivity contribution in [2.75, 3.05) is 6.61 Å². The van der Waals surface area contributed by atoms with Gasteiger partial charge in [-0.3, -0.25) is 4.79 Å². The van der Waals surface area contributed by atoms with Gasteiger partial charge in [0, 0.05) is 11.3 Å². The summed E-state index contributed by atoms with van der Waals surface area (Å²) in [4.78, 5) is 15.2. The fraction of sp³-hybridized carbons (Fsp3) is 0.143. The number of hydrogen-bond acceptors (Lipinski definition) is 3. The normalized spacial score (nSPS) is 10.3. The van der Waals surface area contributed by atoms with Gasteiger partial charge in [0.05, 0.1) is 6.61 Å². The van der Waals surface area contributed by atoms with Crippen LogP contribution >= 0.6 is 0 Å². The molecule has 0 aliphatic rings. The zero-order valence-electron chi connectivity index (χ0n) is 14.2. The molecule has 4 nitrogen and oxygen atoms in total. The molecule has 124 valence electrons. The molecule has 0 saturated carbocycles. The number of pyridine rings is 1. The van der Waals surface area contributed by atoms with Crippen molar-refractivity contribution in [3.8, 4) is 34.2 Å². The van der Waals surface area contributed by atoms with E-state index in [9.17, 15) is 10.1 Å². The topological polar surface area (TPSA) is 65.9 Å². The second kappa shape index (κ2) is 7.06. The van der Waals surface area contributed by atoms with Gasteiger partial charge in [0.25, 0.3) is 5.56 Å². The average molecular weight is 330 g/mol. The Balaban J connectivity index is 2.13. The summed E-state index contributed by atoms with van der Waals surface area (Å²) in [5.41, 5.74) is 3.88. The molecule has 1 N–H and O–H groups in total. The van der Waals surface area contributed by atoms with E-state index in [-0.39, 0.29) is 11.1 Å². The Hall–Kier alpha value is -3.32. The number of hydrogen-bond donors (Lipinski definition) is 1. The Morgan fingerprint density at radius 2 is 1.68 bits per heavy atom. The third kappa shape index (κ3) is 3.46. The standard InChI is InChI=1S/C21H18N2O2/c1-3-25-17-10-8-15(9-11-17)18-12-20(23-21(24)19(18)13-22)16-6-4-14(2)5-7-16/h4-12H,3H2,1-2H3,(H,23,24). The van der Waals surface area contributed by atoms with Crippen LogP contribution in [0.2, 0.25) is 0 Å². The van der Waals surface area contributed by atoms with Crippen molar-refractivity contribution in [3.05, 3.63) is 76.1 Å². The monoisotopic (exact) mass is 330 g/mol. The van der Waals surface area contributed by atoms with E-state index < -0.39 is 0 Å². The van der Waals surface area contributed by atoms with Crippen LogP contribution < -0.4 is 10.3 Å². The molecule has 1 heterocycles. The summed E-state index contributed by atoms with van der Waals surface area (Å²) in [6.07, 6.45) is 0. The number of nitrogens with zero attached hydrogens (tertiary/aromatic N) is 1. The van der Waals surface area contributed by atoms with Crippen molar-refractivity contribution in [1.29, 1.82) is 5.26 Å². The largest absolute Gasteiger partial charge is 0.494 e. The zero-order valence-corrected chi connectivity index (χ0v) is 14.2. The maximum Gasteiger partial charge on any atom is 0.266 e. The van der Waals surface area contributed by atoms with Gasteiger partial charge < -0.3 is 9.72 Å². The fourth-order valence-electron chi connectivity index (χ4n) is 2.68. The highest BCUT2D eigenvalue weighted by Crippen LogP contribution is 2.27. The van der Waals surface area contributed by atoms with Crippen LogP contribution in [0.15, 0.2) is 59.4 Å². The van der Waals surface area contributed by atoms with Gasteiger partial charge in [-0.05, 0) is 43.2 Å². The van der Waals surface area contributed by atoms with Gasteiger partial charge in [-0.1, -0.05) is 42.0 Å². The molecule has 0 bridgehead atoms. The first-order chi connectivity index (χ1) is 12.1. The summed E-state index contributed by atoms with van der Waals surface area (Å²) < 4.78 is 5.45. The molecule has 0 spiro atoms. The number of H-pyrrole nitrogens is 1. The minimum Gasteiger partial charge on any atom is -0.494 e. The van der Waals surface area contributed by atoms with Gasteiger partial charge in [0.1, 0.15) is 17.4 Å². The number of ether oxygens (including phenoxy) is 1. The van der Waals surface area contributed by atoms with Crippen LogP contribution in [-0.2, 0) is 0 Å². The lowest BCUT2D eigenvalue weighted by Gasteiger charge is -2.09. The first-order valence-electron chi connectivity index (χ1n) is 8.10. The van der Waals surface area contributed by atoms with E-state index in [2.05, 4.69) is 4.98 Å². The third-order valence-corrected chi connectivity index (χ3v) is 3.98. The molecule has 4 heteroatoms. The van der Waals surface area contributed by atoms with Crippen molar-refractivity contribution in [2.24, 2.45) is 0 Å². The number of nitriles is 1. The van der Waals surface area contributed by atoms with E-state index in [1.807, 2.05) is 74.5 Å². The van der Waals surface area contributed by atoms with Crippen LogP contribution in [0, 0.1) is 18.3 Å². The lowest BCUT2D eigenvalue weighted by atomic mass is 9.99. The van der Waals surface area contributed by atoms with Gasteiger partial charge in [0.2, 0.25) is 0 Å². The molecule has 0 aliphatic heterocycles. The Morgan fingerprint density at radius 1 is 1.04 bits per heavy atom. The fourth-order valence-corrected chi connectivity index (χ4v) is 2.68. The lowest BCUT2D eigenvalue weighted by Crippen LogP contribution is -2.12. The number of aryl methyl sites for hydroxylation is 1. The summed E-state index contributed by atoms with van der Waals surface area (Å²) in [5.74, 6) is 0.758. The van der Waals surface area contributed by atoms with Gasteiger partial charge >= 0.3 is 0 Å². The Labute approximate surface area is 146 Å². The SMILES string of the molecule is CCOc1ccc(-c2cc(-c3ccc(C)cc3)[nH]c(=O)c2C#N)cc1. The smallest absolute Gasteiger partial charge is 0.266 e. The number of rotatable bonds is 4. The molecule has 2 aromatic carbocycles. The summed E-state index contributed by atoms with van der Waals surface area (Å²) in [7, 11) is 0. The lowest BCUT2D eigenvalue weighted by molar-refractivity contribution is 0.340. The third-order valence-electron chi connectivity index (χ3n) is 3.98. The molecule has 3 aromatic rings. The molecule has 25 heavy (non-hydrogen) atoms. The highest BCUT2D eigenvalue weighted by molar-refractivity contribution is 5.75. The van der Waals surface area contributed by atoms with Crippen LogP contribution in [0.5, 0.6) is 5.75 Å². The highest BCUT2D eigenvalue weighted by atomic mass is 16.5. The predicted octanol–water partition coefficient (Wildman–Crippen LogP) is 4.29. The number of aromatic amines is 1. The molecular formula is C21H18N2O2. The Morgan fingerprint density at radius 3 is 2.28 bits per heavy atom. The molecule has 0 saturated heterocycles. The second-order valence-corrected chi connectivity index (χ2v) is 5.74. The van der Waals surface area contributed by atoms with Crippen LogP contribution in [-0.4, -0.2) is 11.6 Å². The highest BCUT2D eigenvalue weighted by Gasteiger charge is 2.12. The van der Waals surface area contributed by atoms with Crippen molar-refractivity contribution >= 4 is 0 Å². The van der Waals surface area contributed by atoms with Crippen molar-refractivity contribution in [2.45, 2.75) is 13.8 Å². The summed E-state index contributed by atoms with van der Waals surface area (Å²) in [6.45, 7) is 4.52. The van der Waals surface area contributed by atoms with Crippen LogP contribution in [0.4, 0.5) is 0 Å². The van der Waals surface area contributed by atoms with Gasteiger partial charge in [-0.2, -0.15) is 5.26 Å². The predicted molar refractivity (Wildman–Crippen MR) is 98.6 cm³/mol. The molecular weight excluding hydrogens is 312 g/mol. The Bertz CT molecular complexity index is 978. The minimum absolute atomic E-state index is 0.111. The molecule has 3 rings (SSSR count). The molecule has 0 aliphatic carbocycles.